The van der Waals surface area contributed by atoms with E-state index >= 15 is 0 Å². The van der Waals surface area contributed by atoms with E-state index in [0.717, 1.165) is 23.8 Å². The Bertz CT molecular complexity index is 388. The van der Waals surface area contributed by atoms with E-state index in [0.29, 0.717) is 4.99 Å². The smallest absolute Gasteiger partial charge is 0.123 e. The molecule has 3 nitrogen and oxygen atoms in total. The summed E-state index contributed by atoms with van der Waals surface area (Å²) >= 11 is 5.01. The van der Waals surface area contributed by atoms with Crippen molar-refractivity contribution in [1.29, 1.82) is 0 Å². The van der Waals surface area contributed by atoms with Crippen LogP contribution in [0.5, 0.6) is 0 Å². The molecule has 1 saturated carbocycles. The molecule has 4 heteroatoms. The number of nitrogens with two attached hydrogens (primary N) is 1. The number of rotatable bonds is 4. The summed E-state index contributed by atoms with van der Waals surface area (Å²) < 4.78 is 0. The number of nitrogens with zero attached hydrogens (tertiary/aromatic N) is 2. The molecule has 0 aliphatic heterocycles. The van der Waals surface area contributed by atoms with Gasteiger partial charge in [-0.05, 0) is 31.5 Å². The minimum atomic E-state index is 0.387. The summed E-state index contributed by atoms with van der Waals surface area (Å²) in [5, 5.41) is 0. The van der Waals surface area contributed by atoms with Crippen molar-refractivity contribution in [3.05, 3.63) is 29.6 Å². The summed E-state index contributed by atoms with van der Waals surface area (Å²) in [5.41, 5.74) is 7.56. The van der Waals surface area contributed by atoms with Crippen molar-refractivity contribution in [2.24, 2.45) is 5.73 Å². The van der Waals surface area contributed by atoms with Gasteiger partial charge in [0.05, 0.1) is 0 Å². The second kappa shape index (κ2) is 4.89. The zero-order valence-electron chi connectivity index (χ0n) is 9.52. The number of thiocarbonyl (C=S) groups is 1. The van der Waals surface area contributed by atoms with Gasteiger partial charge in [0.1, 0.15) is 10.7 Å². The van der Waals surface area contributed by atoms with Crippen LogP contribution in [-0.2, 0) is 6.54 Å². The fourth-order valence-corrected chi connectivity index (χ4v) is 2.20. The van der Waals surface area contributed by atoms with Crippen LogP contribution in [0.1, 0.15) is 30.5 Å². The van der Waals surface area contributed by atoms with Gasteiger partial charge in [0.2, 0.25) is 0 Å². The molecule has 16 heavy (non-hydrogen) atoms. The Balaban J connectivity index is 2.10. The van der Waals surface area contributed by atoms with E-state index < -0.39 is 0 Å². The average Bonchev–Trinajstić information content (AvgIpc) is 2.15. The molecule has 2 N–H and O–H groups in total. The van der Waals surface area contributed by atoms with E-state index in [9.17, 15) is 0 Å². The van der Waals surface area contributed by atoms with Crippen molar-refractivity contribution >= 4 is 17.2 Å². The van der Waals surface area contributed by atoms with Gasteiger partial charge in [-0.25, -0.2) is 0 Å². The van der Waals surface area contributed by atoms with Crippen LogP contribution in [0.4, 0.5) is 0 Å². The molecule has 0 unspecified atom stereocenters. The lowest BCUT2D eigenvalue weighted by Crippen LogP contribution is -2.37. The Morgan fingerprint density at radius 2 is 2.38 bits per heavy atom. The molecule has 1 fully saturated rings. The quantitative estimate of drug-likeness (QED) is 0.807. The van der Waals surface area contributed by atoms with Gasteiger partial charge in [-0.3, -0.25) is 9.88 Å². The SMILES string of the molecule is CN(Cc1cccnc1C(N)=S)C1CCC1. The normalized spacial score (nSPS) is 16.1. The van der Waals surface area contributed by atoms with Crippen molar-refractivity contribution in [2.45, 2.75) is 31.8 Å². The van der Waals surface area contributed by atoms with Crippen molar-refractivity contribution < 1.29 is 0 Å². The van der Waals surface area contributed by atoms with E-state index in [1.165, 1.54) is 19.3 Å². The number of aromatic nitrogens is 1. The van der Waals surface area contributed by atoms with E-state index in [-0.39, 0.29) is 0 Å². The molecule has 0 bridgehead atoms. The minimum Gasteiger partial charge on any atom is -0.388 e. The molecule has 2 rings (SSSR count). The second-order valence-corrected chi connectivity index (χ2v) is 4.82. The van der Waals surface area contributed by atoms with Gasteiger partial charge in [-0.2, -0.15) is 0 Å². The standard InChI is InChI=1S/C12H17N3S/c1-15(10-5-2-6-10)8-9-4-3-7-14-11(9)12(13)16/h3-4,7,10H,2,5-6,8H2,1H3,(H2,13,16). The maximum Gasteiger partial charge on any atom is 0.123 e. The fourth-order valence-electron chi connectivity index (χ4n) is 2.01. The predicted octanol–water partition coefficient (Wildman–Crippen LogP) is 1.70. The summed E-state index contributed by atoms with van der Waals surface area (Å²) in [6.07, 6.45) is 5.70. The van der Waals surface area contributed by atoms with Gasteiger partial charge in [0.25, 0.3) is 0 Å². The third-order valence-corrected chi connectivity index (χ3v) is 3.44. The lowest BCUT2D eigenvalue weighted by molar-refractivity contribution is 0.152. The summed E-state index contributed by atoms with van der Waals surface area (Å²) in [5.74, 6) is 0. The molecule has 0 spiro atoms. The third kappa shape index (κ3) is 2.39. The van der Waals surface area contributed by atoms with Gasteiger partial charge in [0, 0.05) is 18.8 Å². The van der Waals surface area contributed by atoms with E-state index in [1.807, 2.05) is 6.07 Å². The van der Waals surface area contributed by atoms with Crippen LogP contribution < -0.4 is 5.73 Å². The molecule has 1 heterocycles. The number of hydrogen-bond donors (Lipinski definition) is 1. The Hall–Kier alpha value is -1.00. The second-order valence-electron chi connectivity index (χ2n) is 4.38. The Kier molecular flexibility index (Phi) is 3.51. The summed E-state index contributed by atoms with van der Waals surface area (Å²) in [7, 11) is 2.15. The maximum atomic E-state index is 5.66. The zero-order chi connectivity index (χ0) is 11.5. The first-order chi connectivity index (χ1) is 7.68. The van der Waals surface area contributed by atoms with Crippen LogP contribution in [-0.4, -0.2) is 28.0 Å². The molecule has 0 saturated heterocycles. The van der Waals surface area contributed by atoms with Gasteiger partial charge in [-0.1, -0.05) is 24.7 Å². The molecule has 1 aromatic heterocycles. The fraction of sp³-hybridized carbons (Fsp3) is 0.500. The molecule has 1 aliphatic carbocycles. The topological polar surface area (TPSA) is 42.2 Å². The van der Waals surface area contributed by atoms with Crippen LogP contribution in [0, 0.1) is 0 Å². The molecule has 1 aliphatic rings. The van der Waals surface area contributed by atoms with E-state index in [1.54, 1.807) is 6.20 Å². The summed E-state index contributed by atoms with van der Waals surface area (Å²) in [6, 6.07) is 4.71. The first kappa shape index (κ1) is 11.5. The largest absolute Gasteiger partial charge is 0.388 e. The highest BCUT2D eigenvalue weighted by molar-refractivity contribution is 7.80. The first-order valence-corrected chi connectivity index (χ1v) is 6.03. The van der Waals surface area contributed by atoms with Crippen LogP contribution in [0.25, 0.3) is 0 Å². The van der Waals surface area contributed by atoms with Gasteiger partial charge in [0.15, 0.2) is 0 Å². The molecule has 1 aromatic rings. The Labute approximate surface area is 102 Å². The van der Waals surface area contributed by atoms with Crippen molar-refractivity contribution in [2.75, 3.05) is 7.05 Å². The highest BCUT2D eigenvalue weighted by Crippen LogP contribution is 2.25. The van der Waals surface area contributed by atoms with Crippen LogP contribution in [0.2, 0.25) is 0 Å². The van der Waals surface area contributed by atoms with Crippen LogP contribution in [0.15, 0.2) is 18.3 Å². The maximum absolute atomic E-state index is 5.66. The predicted molar refractivity (Wildman–Crippen MR) is 69.2 cm³/mol. The molecular weight excluding hydrogens is 218 g/mol. The van der Waals surface area contributed by atoms with Gasteiger partial charge >= 0.3 is 0 Å². The van der Waals surface area contributed by atoms with Crippen LogP contribution in [0.3, 0.4) is 0 Å². The minimum absolute atomic E-state index is 0.387. The van der Waals surface area contributed by atoms with Crippen molar-refractivity contribution in [3.63, 3.8) is 0 Å². The number of hydrogen-bond acceptors (Lipinski definition) is 3. The third-order valence-electron chi connectivity index (χ3n) is 3.24. The monoisotopic (exact) mass is 235 g/mol. The zero-order valence-corrected chi connectivity index (χ0v) is 10.3. The summed E-state index contributed by atoms with van der Waals surface area (Å²) in [4.78, 5) is 6.99. The molecule has 86 valence electrons. The molecule has 0 amide bonds. The molecular formula is C12H17N3S. The van der Waals surface area contributed by atoms with Crippen molar-refractivity contribution in [1.82, 2.24) is 9.88 Å². The lowest BCUT2D eigenvalue weighted by atomic mass is 9.91. The van der Waals surface area contributed by atoms with Gasteiger partial charge < -0.3 is 5.73 Å². The van der Waals surface area contributed by atoms with E-state index in [2.05, 4.69) is 23.0 Å². The Morgan fingerprint density at radius 1 is 1.62 bits per heavy atom. The molecule has 0 radical (unpaired) electrons. The molecule has 0 atom stereocenters. The van der Waals surface area contributed by atoms with Crippen LogP contribution >= 0.6 is 12.2 Å². The van der Waals surface area contributed by atoms with E-state index in [4.69, 9.17) is 18.0 Å². The average molecular weight is 235 g/mol. The molecule has 0 aromatic carbocycles. The van der Waals surface area contributed by atoms with Crippen molar-refractivity contribution in [3.8, 4) is 0 Å². The van der Waals surface area contributed by atoms with Gasteiger partial charge in [-0.15, -0.1) is 0 Å². The Morgan fingerprint density at radius 3 is 2.94 bits per heavy atom. The highest BCUT2D eigenvalue weighted by atomic mass is 32.1. The number of pyridine rings is 1. The lowest BCUT2D eigenvalue weighted by Gasteiger charge is -2.34. The first-order valence-electron chi connectivity index (χ1n) is 5.62. The highest BCUT2D eigenvalue weighted by Gasteiger charge is 2.22. The summed E-state index contributed by atoms with van der Waals surface area (Å²) in [6.45, 7) is 0.880.